The van der Waals surface area contributed by atoms with Gasteiger partial charge in [-0.05, 0) is 37.5 Å². The molecule has 4 nitrogen and oxygen atoms in total. The summed E-state index contributed by atoms with van der Waals surface area (Å²) < 4.78 is 0. The van der Waals surface area contributed by atoms with Crippen molar-refractivity contribution in [2.24, 2.45) is 11.8 Å². The van der Waals surface area contributed by atoms with Gasteiger partial charge in [-0.1, -0.05) is 18.9 Å². The normalized spacial score (nSPS) is 26.7. The highest BCUT2D eigenvalue weighted by atomic mass is 16.3. The zero-order chi connectivity index (χ0) is 13.6. The minimum Gasteiger partial charge on any atom is -0.506 e. The lowest BCUT2D eigenvalue weighted by atomic mass is 9.81. The van der Waals surface area contributed by atoms with Crippen LogP contribution in [0.1, 0.15) is 31.2 Å². The van der Waals surface area contributed by atoms with Crippen molar-refractivity contribution in [3.8, 4) is 5.75 Å². The van der Waals surface area contributed by atoms with Crippen LogP contribution in [0.15, 0.2) is 18.2 Å². The quantitative estimate of drug-likeness (QED) is 0.788. The maximum Gasteiger partial charge on any atom is 0.237 e. The molecule has 0 radical (unpaired) electrons. The third kappa shape index (κ3) is 1.82. The topological polar surface area (TPSA) is 57.6 Å². The smallest absolute Gasteiger partial charge is 0.237 e. The first-order valence-electron chi connectivity index (χ1n) is 6.77. The second-order valence-electron chi connectivity index (χ2n) is 5.50. The van der Waals surface area contributed by atoms with Gasteiger partial charge in [0.2, 0.25) is 11.8 Å². The Balaban J connectivity index is 2.03. The fourth-order valence-corrected chi connectivity index (χ4v) is 3.21. The first-order chi connectivity index (χ1) is 9.09. The molecule has 2 atom stereocenters. The maximum absolute atomic E-state index is 12.4. The van der Waals surface area contributed by atoms with Gasteiger partial charge in [-0.3, -0.25) is 9.59 Å². The molecular weight excluding hydrogens is 242 g/mol. The molecule has 0 aromatic heterocycles. The van der Waals surface area contributed by atoms with Crippen LogP contribution in [0.2, 0.25) is 0 Å². The van der Waals surface area contributed by atoms with E-state index in [-0.39, 0.29) is 29.4 Å². The Morgan fingerprint density at radius 2 is 1.68 bits per heavy atom. The molecule has 3 rings (SSSR count). The number of hydrogen-bond donors (Lipinski definition) is 1. The number of aryl methyl sites for hydroxylation is 1. The first-order valence-corrected chi connectivity index (χ1v) is 6.77. The van der Waals surface area contributed by atoms with Crippen molar-refractivity contribution < 1.29 is 14.7 Å². The molecule has 2 aliphatic rings. The number of fused-ring (bicyclic) bond motifs is 1. The van der Waals surface area contributed by atoms with E-state index in [1.165, 1.54) is 11.0 Å². The molecule has 0 unspecified atom stereocenters. The lowest BCUT2D eigenvalue weighted by Crippen LogP contribution is -2.30. The highest BCUT2D eigenvalue weighted by Gasteiger charge is 2.49. The minimum atomic E-state index is -0.179. The second kappa shape index (κ2) is 4.37. The van der Waals surface area contributed by atoms with Gasteiger partial charge in [-0.15, -0.1) is 0 Å². The molecule has 2 amide bonds. The molecule has 0 spiro atoms. The van der Waals surface area contributed by atoms with Gasteiger partial charge in [0, 0.05) is 0 Å². The third-order valence-electron chi connectivity index (χ3n) is 4.21. The van der Waals surface area contributed by atoms with E-state index in [4.69, 9.17) is 0 Å². The van der Waals surface area contributed by atoms with E-state index in [0.717, 1.165) is 31.2 Å². The summed E-state index contributed by atoms with van der Waals surface area (Å²) in [5.41, 5.74) is 1.26. The van der Waals surface area contributed by atoms with Crippen molar-refractivity contribution in [1.82, 2.24) is 0 Å². The molecule has 19 heavy (non-hydrogen) atoms. The molecule has 1 aromatic carbocycles. The lowest BCUT2D eigenvalue weighted by molar-refractivity contribution is -0.122. The van der Waals surface area contributed by atoms with E-state index in [2.05, 4.69) is 0 Å². The van der Waals surface area contributed by atoms with Crippen LogP contribution < -0.4 is 4.90 Å². The van der Waals surface area contributed by atoms with Crippen molar-refractivity contribution in [3.63, 3.8) is 0 Å². The number of amides is 2. The molecule has 1 saturated heterocycles. The zero-order valence-electron chi connectivity index (χ0n) is 10.9. The summed E-state index contributed by atoms with van der Waals surface area (Å²) in [5, 5.41) is 9.92. The van der Waals surface area contributed by atoms with Gasteiger partial charge < -0.3 is 5.11 Å². The largest absolute Gasteiger partial charge is 0.506 e. The van der Waals surface area contributed by atoms with E-state index in [0.29, 0.717) is 5.69 Å². The average molecular weight is 259 g/mol. The maximum atomic E-state index is 12.4. The molecule has 4 heteroatoms. The number of imide groups is 1. The molecule has 1 saturated carbocycles. The molecular formula is C15H17NO3. The van der Waals surface area contributed by atoms with E-state index in [9.17, 15) is 14.7 Å². The highest BCUT2D eigenvalue weighted by molar-refractivity contribution is 6.22. The van der Waals surface area contributed by atoms with Crippen LogP contribution in [-0.4, -0.2) is 16.9 Å². The fraction of sp³-hybridized carbons (Fsp3) is 0.467. The Morgan fingerprint density at radius 3 is 2.26 bits per heavy atom. The van der Waals surface area contributed by atoms with Gasteiger partial charge in [0.15, 0.2) is 0 Å². The first kappa shape index (κ1) is 12.2. The van der Waals surface area contributed by atoms with Gasteiger partial charge in [0.25, 0.3) is 0 Å². The van der Waals surface area contributed by atoms with Crippen LogP contribution >= 0.6 is 0 Å². The summed E-state index contributed by atoms with van der Waals surface area (Å²) in [6.45, 7) is 1.88. The molecule has 0 bridgehead atoms. The SMILES string of the molecule is Cc1ccc(O)c(N2C(=O)[C@H]3CCCC[C@@H]3C2=O)c1. The number of carbonyl (C=O) groups excluding carboxylic acids is 2. The number of phenols is 1. The third-order valence-corrected chi connectivity index (χ3v) is 4.21. The van der Waals surface area contributed by atoms with Crippen molar-refractivity contribution in [3.05, 3.63) is 23.8 Å². The van der Waals surface area contributed by atoms with Crippen LogP contribution in [0.4, 0.5) is 5.69 Å². The van der Waals surface area contributed by atoms with Gasteiger partial charge in [0.05, 0.1) is 17.5 Å². The number of carbonyl (C=O) groups is 2. The predicted octanol–water partition coefficient (Wildman–Crippen LogP) is 2.38. The molecule has 1 aliphatic heterocycles. The summed E-state index contributed by atoms with van der Waals surface area (Å²) in [7, 11) is 0. The van der Waals surface area contributed by atoms with Crippen molar-refractivity contribution in [1.29, 1.82) is 0 Å². The molecule has 2 fully saturated rings. The van der Waals surface area contributed by atoms with Crippen molar-refractivity contribution >= 4 is 17.5 Å². The Labute approximate surface area is 112 Å². The van der Waals surface area contributed by atoms with Gasteiger partial charge in [-0.25, -0.2) is 4.90 Å². The van der Waals surface area contributed by atoms with E-state index >= 15 is 0 Å². The van der Waals surface area contributed by atoms with E-state index in [1.807, 2.05) is 6.92 Å². The Bertz CT molecular complexity index is 528. The van der Waals surface area contributed by atoms with Crippen LogP contribution in [0.3, 0.4) is 0 Å². The van der Waals surface area contributed by atoms with Gasteiger partial charge in [0.1, 0.15) is 5.75 Å². The summed E-state index contributed by atoms with van der Waals surface area (Å²) >= 11 is 0. The standard InChI is InChI=1S/C15H17NO3/c1-9-6-7-13(17)12(8-9)16-14(18)10-4-2-3-5-11(10)15(16)19/h6-8,10-11,17H,2-5H2,1H3/t10-,11-/m0/s1. The summed E-state index contributed by atoms with van der Waals surface area (Å²) in [6.07, 6.45) is 3.60. The minimum absolute atomic E-state index is 0.00838. The molecule has 1 N–H and O–H groups in total. The molecule has 1 heterocycles. The fourth-order valence-electron chi connectivity index (χ4n) is 3.21. The molecule has 100 valence electrons. The van der Waals surface area contributed by atoms with Crippen LogP contribution in [-0.2, 0) is 9.59 Å². The number of rotatable bonds is 1. The second-order valence-corrected chi connectivity index (χ2v) is 5.50. The van der Waals surface area contributed by atoms with Crippen LogP contribution in [0.5, 0.6) is 5.75 Å². The molecule has 1 aliphatic carbocycles. The highest BCUT2D eigenvalue weighted by Crippen LogP contribution is 2.42. The summed E-state index contributed by atoms with van der Waals surface area (Å²) in [6, 6.07) is 4.99. The van der Waals surface area contributed by atoms with Crippen molar-refractivity contribution in [2.75, 3.05) is 4.90 Å². The molecule has 1 aromatic rings. The Kier molecular flexibility index (Phi) is 2.81. The van der Waals surface area contributed by atoms with Crippen LogP contribution in [0.25, 0.3) is 0 Å². The van der Waals surface area contributed by atoms with Crippen molar-refractivity contribution in [2.45, 2.75) is 32.6 Å². The van der Waals surface area contributed by atoms with Crippen LogP contribution in [0, 0.1) is 18.8 Å². The Hall–Kier alpha value is -1.84. The monoisotopic (exact) mass is 259 g/mol. The Morgan fingerprint density at radius 1 is 1.11 bits per heavy atom. The van der Waals surface area contributed by atoms with Gasteiger partial charge in [-0.2, -0.15) is 0 Å². The van der Waals surface area contributed by atoms with E-state index in [1.54, 1.807) is 12.1 Å². The number of nitrogens with zero attached hydrogens (tertiary/aromatic N) is 1. The summed E-state index contributed by atoms with van der Waals surface area (Å²) in [5.74, 6) is -0.653. The predicted molar refractivity (Wildman–Crippen MR) is 70.8 cm³/mol. The zero-order valence-corrected chi connectivity index (χ0v) is 10.9. The van der Waals surface area contributed by atoms with Gasteiger partial charge >= 0.3 is 0 Å². The van der Waals surface area contributed by atoms with E-state index < -0.39 is 0 Å². The number of hydrogen-bond acceptors (Lipinski definition) is 3. The number of aromatic hydroxyl groups is 1. The average Bonchev–Trinajstić information content (AvgIpc) is 2.66. The summed E-state index contributed by atoms with van der Waals surface area (Å²) in [4.78, 5) is 26.0. The number of anilines is 1. The lowest BCUT2D eigenvalue weighted by Gasteiger charge is -2.19. The number of benzene rings is 1. The number of phenolic OH excluding ortho intramolecular Hbond substituents is 1.